The summed E-state index contributed by atoms with van der Waals surface area (Å²) in [5.74, 6) is 0.695. The van der Waals surface area contributed by atoms with E-state index in [1.807, 2.05) is 19.2 Å². The first-order chi connectivity index (χ1) is 10.6. The minimum Gasteiger partial charge on any atom is -0.384 e. The quantitative estimate of drug-likeness (QED) is 0.847. The number of hydrogen-bond donors (Lipinski definition) is 0. The molecule has 3 nitrogen and oxygen atoms in total. The van der Waals surface area contributed by atoms with Gasteiger partial charge in [0.05, 0.1) is 6.61 Å². The van der Waals surface area contributed by atoms with Crippen LogP contribution in [-0.4, -0.2) is 56.7 Å². The first-order valence-corrected chi connectivity index (χ1v) is 8.63. The molecular weight excluding hydrogens is 296 g/mol. The van der Waals surface area contributed by atoms with Crippen LogP contribution in [0.25, 0.3) is 0 Å². The van der Waals surface area contributed by atoms with Crippen molar-refractivity contribution in [1.82, 2.24) is 9.80 Å². The van der Waals surface area contributed by atoms with Crippen molar-refractivity contribution in [3.63, 3.8) is 0 Å². The minimum atomic E-state index is 0.473. The van der Waals surface area contributed by atoms with Crippen molar-refractivity contribution in [3.05, 3.63) is 34.9 Å². The summed E-state index contributed by atoms with van der Waals surface area (Å²) < 4.78 is 5.48. The zero-order chi connectivity index (χ0) is 15.6. The summed E-state index contributed by atoms with van der Waals surface area (Å²) in [6, 6.07) is 8.26. The fourth-order valence-corrected chi connectivity index (χ4v) is 4.43. The number of piperidine rings is 1. The molecule has 2 aliphatic rings. The van der Waals surface area contributed by atoms with Crippen molar-refractivity contribution in [1.29, 1.82) is 0 Å². The third-order valence-corrected chi connectivity index (χ3v) is 5.77. The summed E-state index contributed by atoms with van der Waals surface area (Å²) in [7, 11) is 4.08. The number of likely N-dealkylation sites (tertiary alicyclic amines) is 2. The van der Waals surface area contributed by atoms with Crippen molar-refractivity contribution in [2.24, 2.45) is 11.3 Å². The van der Waals surface area contributed by atoms with E-state index in [0.717, 1.165) is 18.2 Å². The van der Waals surface area contributed by atoms with Crippen molar-refractivity contribution in [2.75, 3.05) is 46.9 Å². The minimum absolute atomic E-state index is 0.473. The number of benzene rings is 1. The van der Waals surface area contributed by atoms with Gasteiger partial charge in [-0.1, -0.05) is 23.7 Å². The molecule has 2 heterocycles. The van der Waals surface area contributed by atoms with E-state index in [-0.39, 0.29) is 0 Å². The van der Waals surface area contributed by atoms with E-state index in [2.05, 4.69) is 29.0 Å². The zero-order valence-electron chi connectivity index (χ0n) is 13.7. The summed E-state index contributed by atoms with van der Waals surface area (Å²) in [5.41, 5.74) is 1.83. The summed E-state index contributed by atoms with van der Waals surface area (Å²) in [5, 5.41) is 0.817. The Morgan fingerprint density at radius 1 is 1.23 bits per heavy atom. The van der Waals surface area contributed by atoms with Crippen LogP contribution in [0, 0.1) is 11.3 Å². The maximum absolute atomic E-state index is 5.97. The molecule has 2 saturated heterocycles. The smallest absolute Gasteiger partial charge is 0.0508 e. The van der Waals surface area contributed by atoms with Gasteiger partial charge >= 0.3 is 0 Å². The molecule has 0 radical (unpaired) electrons. The van der Waals surface area contributed by atoms with E-state index in [0.29, 0.717) is 11.3 Å². The lowest BCUT2D eigenvalue weighted by molar-refractivity contribution is 0.0354. The molecule has 122 valence electrons. The van der Waals surface area contributed by atoms with Gasteiger partial charge < -0.3 is 9.64 Å². The second kappa shape index (κ2) is 6.88. The van der Waals surface area contributed by atoms with Gasteiger partial charge in [0.25, 0.3) is 0 Å². The topological polar surface area (TPSA) is 15.7 Å². The van der Waals surface area contributed by atoms with Gasteiger partial charge in [-0.15, -0.1) is 0 Å². The van der Waals surface area contributed by atoms with Crippen molar-refractivity contribution in [3.8, 4) is 0 Å². The maximum Gasteiger partial charge on any atom is 0.0508 e. The number of methoxy groups -OCH3 is 1. The highest BCUT2D eigenvalue weighted by Crippen LogP contribution is 2.44. The Bertz CT molecular complexity index is 482. The fraction of sp³-hybridized carbons (Fsp3) is 0.667. The number of ether oxygens (including phenoxy) is 1. The van der Waals surface area contributed by atoms with Crippen LogP contribution in [0.2, 0.25) is 5.02 Å². The van der Waals surface area contributed by atoms with Gasteiger partial charge in [0, 0.05) is 37.7 Å². The van der Waals surface area contributed by atoms with E-state index in [1.54, 1.807) is 0 Å². The molecule has 0 amide bonds. The van der Waals surface area contributed by atoms with Gasteiger partial charge in [-0.2, -0.15) is 0 Å². The Balaban J connectivity index is 1.58. The lowest BCUT2D eigenvalue weighted by atomic mass is 9.71. The summed E-state index contributed by atoms with van der Waals surface area (Å²) in [4.78, 5) is 5.06. The molecule has 1 aromatic carbocycles. The standard InChI is InChI=1S/C18H27ClN2O/c1-20-12-16(13-22-2)18(14-20)7-9-21(10-8-18)11-15-3-5-17(19)6-4-15/h3-6,16H,7-14H2,1-2H3. The Hall–Kier alpha value is -0.610. The van der Waals surface area contributed by atoms with Crippen LogP contribution in [0.3, 0.4) is 0 Å². The van der Waals surface area contributed by atoms with E-state index in [1.165, 1.54) is 44.6 Å². The van der Waals surface area contributed by atoms with Crippen molar-refractivity contribution in [2.45, 2.75) is 19.4 Å². The monoisotopic (exact) mass is 322 g/mol. The zero-order valence-corrected chi connectivity index (χ0v) is 14.5. The summed E-state index contributed by atoms with van der Waals surface area (Å²) >= 11 is 5.97. The van der Waals surface area contributed by atoms with Gasteiger partial charge in [0.2, 0.25) is 0 Å². The lowest BCUT2D eigenvalue weighted by Gasteiger charge is -2.42. The average Bonchev–Trinajstić information content (AvgIpc) is 2.80. The van der Waals surface area contributed by atoms with Crippen LogP contribution in [0.15, 0.2) is 24.3 Å². The summed E-state index contributed by atoms with van der Waals surface area (Å²) in [6.45, 7) is 6.74. The Kier molecular flexibility index (Phi) is 5.08. The Labute approximate surface area is 139 Å². The number of hydrogen-bond acceptors (Lipinski definition) is 3. The van der Waals surface area contributed by atoms with Gasteiger partial charge in [0.1, 0.15) is 0 Å². The molecule has 22 heavy (non-hydrogen) atoms. The molecule has 0 saturated carbocycles. The SMILES string of the molecule is COCC1CN(C)CC12CCN(Cc1ccc(Cl)cc1)CC2. The Morgan fingerprint density at radius 3 is 2.55 bits per heavy atom. The molecule has 2 aliphatic heterocycles. The molecule has 3 rings (SSSR count). The molecule has 2 fully saturated rings. The molecule has 0 N–H and O–H groups in total. The van der Waals surface area contributed by atoms with E-state index < -0.39 is 0 Å². The molecule has 0 aromatic heterocycles. The molecule has 0 bridgehead atoms. The predicted molar refractivity (Wildman–Crippen MR) is 91.3 cm³/mol. The highest BCUT2D eigenvalue weighted by Gasteiger charge is 2.46. The maximum atomic E-state index is 5.97. The predicted octanol–water partition coefficient (Wildman–Crippen LogP) is 3.13. The third-order valence-electron chi connectivity index (χ3n) is 5.52. The van der Waals surface area contributed by atoms with Crippen LogP contribution in [0.4, 0.5) is 0 Å². The molecule has 1 aromatic rings. The van der Waals surface area contributed by atoms with Gasteiger partial charge in [-0.3, -0.25) is 4.90 Å². The molecule has 1 unspecified atom stereocenters. The lowest BCUT2D eigenvalue weighted by Crippen LogP contribution is -2.44. The molecule has 4 heteroatoms. The van der Waals surface area contributed by atoms with Gasteiger partial charge in [-0.25, -0.2) is 0 Å². The second-order valence-electron chi connectivity index (χ2n) is 7.11. The average molecular weight is 323 g/mol. The van der Waals surface area contributed by atoms with Crippen molar-refractivity contribution < 1.29 is 4.74 Å². The fourth-order valence-electron chi connectivity index (χ4n) is 4.30. The number of halogens is 1. The highest BCUT2D eigenvalue weighted by atomic mass is 35.5. The highest BCUT2D eigenvalue weighted by molar-refractivity contribution is 6.30. The molecule has 1 atom stereocenters. The molecule has 0 aliphatic carbocycles. The third kappa shape index (κ3) is 3.48. The van der Waals surface area contributed by atoms with E-state index >= 15 is 0 Å². The van der Waals surface area contributed by atoms with Crippen LogP contribution in [-0.2, 0) is 11.3 Å². The van der Waals surface area contributed by atoms with E-state index in [9.17, 15) is 0 Å². The first kappa shape index (κ1) is 16.3. The van der Waals surface area contributed by atoms with Gasteiger partial charge in [-0.05, 0) is 56.1 Å². The number of nitrogens with zero attached hydrogens (tertiary/aromatic N) is 2. The Morgan fingerprint density at radius 2 is 1.91 bits per heavy atom. The van der Waals surface area contributed by atoms with Crippen LogP contribution in [0.1, 0.15) is 18.4 Å². The van der Waals surface area contributed by atoms with E-state index in [4.69, 9.17) is 16.3 Å². The van der Waals surface area contributed by atoms with Crippen LogP contribution in [0.5, 0.6) is 0 Å². The largest absolute Gasteiger partial charge is 0.384 e. The number of rotatable bonds is 4. The van der Waals surface area contributed by atoms with Crippen molar-refractivity contribution >= 4 is 11.6 Å². The normalized spacial score (nSPS) is 25.9. The van der Waals surface area contributed by atoms with Crippen LogP contribution >= 0.6 is 11.6 Å². The van der Waals surface area contributed by atoms with Crippen LogP contribution < -0.4 is 0 Å². The van der Waals surface area contributed by atoms with Gasteiger partial charge in [0.15, 0.2) is 0 Å². The first-order valence-electron chi connectivity index (χ1n) is 8.26. The molecular formula is C18H27ClN2O. The second-order valence-corrected chi connectivity index (χ2v) is 7.55. The summed E-state index contributed by atoms with van der Waals surface area (Å²) in [6.07, 6.45) is 2.58. The molecule has 1 spiro atoms.